The molecule has 0 aromatic heterocycles. The Labute approximate surface area is 110 Å². The summed E-state index contributed by atoms with van der Waals surface area (Å²) in [7, 11) is 0. The second kappa shape index (κ2) is 5.91. The molecule has 0 spiro atoms. The summed E-state index contributed by atoms with van der Waals surface area (Å²) < 4.78 is 12.9. The molecule has 1 aliphatic rings. The third-order valence-corrected chi connectivity index (χ3v) is 3.73. The topological polar surface area (TPSA) is 60.2 Å². The van der Waals surface area contributed by atoms with E-state index in [1.54, 1.807) is 12.1 Å². The van der Waals surface area contributed by atoms with Gasteiger partial charge in [0, 0.05) is 17.3 Å². The van der Waals surface area contributed by atoms with E-state index in [0.717, 1.165) is 12.8 Å². The third kappa shape index (κ3) is 3.36. The summed E-state index contributed by atoms with van der Waals surface area (Å²) in [6, 6.07) is 5.67. The van der Waals surface area contributed by atoms with Crippen LogP contribution in [0.2, 0.25) is 0 Å². The molecule has 0 radical (unpaired) electrons. The Morgan fingerprint density at radius 2 is 2.00 bits per heavy atom. The summed E-state index contributed by atoms with van der Waals surface area (Å²) in [5, 5.41) is 10.8. The zero-order valence-corrected chi connectivity index (χ0v) is 10.5. The minimum Gasteiger partial charge on any atom is -0.299 e. The van der Waals surface area contributed by atoms with Crippen molar-refractivity contribution in [3.63, 3.8) is 0 Å². The second-order valence-corrected chi connectivity index (χ2v) is 4.99. The maximum Gasteiger partial charge on any atom is 0.211 e. The molecule has 4 nitrogen and oxygen atoms in total. The molecule has 0 saturated heterocycles. The van der Waals surface area contributed by atoms with E-state index in [-0.39, 0.29) is 24.1 Å². The van der Waals surface area contributed by atoms with Crippen LogP contribution in [0.15, 0.2) is 24.3 Å². The van der Waals surface area contributed by atoms with Crippen LogP contribution in [0.1, 0.15) is 37.2 Å². The minimum absolute atomic E-state index is 0.0995. The van der Waals surface area contributed by atoms with Gasteiger partial charge >= 0.3 is 0 Å². The number of ketones is 1. The molecule has 0 amide bonds. The summed E-state index contributed by atoms with van der Waals surface area (Å²) >= 11 is 0. The van der Waals surface area contributed by atoms with E-state index < -0.39 is 10.8 Å². The monoisotopic (exact) mass is 265 g/mol. The zero-order valence-electron chi connectivity index (χ0n) is 10.5. The molecular formula is C14H16FNO3. The van der Waals surface area contributed by atoms with Gasteiger partial charge < -0.3 is 0 Å². The van der Waals surface area contributed by atoms with Gasteiger partial charge in [-0.15, -0.1) is 0 Å². The van der Waals surface area contributed by atoms with Crippen LogP contribution in [0.4, 0.5) is 4.39 Å². The Morgan fingerprint density at radius 1 is 1.32 bits per heavy atom. The van der Waals surface area contributed by atoms with Gasteiger partial charge in [0.25, 0.3) is 0 Å². The Hall–Kier alpha value is -1.78. The minimum atomic E-state index is -0.441. The predicted molar refractivity (Wildman–Crippen MR) is 68.0 cm³/mol. The summed E-state index contributed by atoms with van der Waals surface area (Å²) in [6.07, 6.45) is 2.98. The van der Waals surface area contributed by atoms with Gasteiger partial charge in [-0.05, 0) is 30.5 Å². The maximum atomic E-state index is 12.9. The molecule has 1 aliphatic carbocycles. The number of rotatable bonds is 4. The highest BCUT2D eigenvalue weighted by Crippen LogP contribution is 2.34. The molecule has 5 heteroatoms. The highest BCUT2D eigenvalue weighted by atomic mass is 19.1. The predicted octanol–water partition coefficient (Wildman–Crippen LogP) is 2.95. The number of nitrogens with zero attached hydrogens (tertiary/aromatic N) is 1. The van der Waals surface area contributed by atoms with Crippen molar-refractivity contribution in [1.82, 2.24) is 0 Å². The number of halogens is 1. The van der Waals surface area contributed by atoms with E-state index in [1.807, 2.05) is 0 Å². The molecule has 19 heavy (non-hydrogen) atoms. The van der Waals surface area contributed by atoms with E-state index in [9.17, 15) is 19.3 Å². The van der Waals surface area contributed by atoms with Crippen LogP contribution in [-0.4, -0.2) is 17.3 Å². The normalized spacial score (nSPS) is 21.1. The van der Waals surface area contributed by atoms with Gasteiger partial charge in [0.2, 0.25) is 6.54 Å². The number of carbonyl (C=O) groups excluding carboxylic acids is 1. The Balaban J connectivity index is 2.26. The van der Waals surface area contributed by atoms with Crippen molar-refractivity contribution < 1.29 is 14.1 Å². The molecule has 0 heterocycles. The summed E-state index contributed by atoms with van der Waals surface area (Å²) in [5.74, 6) is -1.02. The van der Waals surface area contributed by atoms with Gasteiger partial charge in [0.15, 0.2) is 0 Å². The summed E-state index contributed by atoms with van der Waals surface area (Å²) in [4.78, 5) is 22.4. The van der Waals surface area contributed by atoms with E-state index in [2.05, 4.69) is 0 Å². The van der Waals surface area contributed by atoms with Crippen molar-refractivity contribution in [2.24, 2.45) is 5.92 Å². The first-order valence-electron chi connectivity index (χ1n) is 6.48. The lowest BCUT2D eigenvalue weighted by atomic mass is 9.76. The zero-order chi connectivity index (χ0) is 13.8. The number of Topliss-reactive ketones (excluding diaryl/α,β-unsaturated/α-hetero) is 1. The Kier molecular flexibility index (Phi) is 4.24. The van der Waals surface area contributed by atoms with Crippen molar-refractivity contribution in [3.05, 3.63) is 45.8 Å². The van der Waals surface area contributed by atoms with Crippen molar-refractivity contribution in [2.75, 3.05) is 6.54 Å². The first-order chi connectivity index (χ1) is 9.08. The average Bonchev–Trinajstić information content (AvgIpc) is 2.38. The molecule has 1 fully saturated rings. The molecule has 0 unspecified atom stereocenters. The molecule has 0 N–H and O–H groups in total. The smallest absolute Gasteiger partial charge is 0.211 e. The fourth-order valence-electron chi connectivity index (χ4n) is 2.77. The van der Waals surface area contributed by atoms with Crippen LogP contribution in [0, 0.1) is 21.8 Å². The number of carbonyl (C=O) groups is 1. The lowest BCUT2D eigenvalue weighted by Crippen LogP contribution is -2.30. The van der Waals surface area contributed by atoms with Gasteiger partial charge in [-0.1, -0.05) is 18.6 Å². The molecule has 2 rings (SSSR count). The molecular weight excluding hydrogens is 249 g/mol. The van der Waals surface area contributed by atoms with Crippen LogP contribution in [0.5, 0.6) is 0 Å². The SMILES string of the molecule is O=C1CCCC[C@@H]1[C@H](C[N+](=O)[O-])c1ccc(F)cc1. The number of hydrogen-bond donors (Lipinski definition) is 0. The Morgan fingerprint density at radius 3 is 2.58 bits per heavy atom. The highest BCUT2D eigenvalue weighted by molar-refractivity contribution is 5.82. The lowest BCUT2D eigenvalue weighted by Gasteiger charge is -2.26. The molecule has 1 saturated carbocycles. The molecule has 0 aliphatic heterocycles. The van der Waals surface area contributed by atoms with Crippen molar-refractivity contribution in [2.45, 2.75) is 31.6 Å². The van der Waals surface area contributed by atoms with Gasteiger partial charge in [0.1, 0.15) is 11.6 Å². The van der Waals surface area contributed by atoms with Crippen LogP contribution in [0.3, 0.4) is 0 Å². The van der Waals surface area contributed by atoms with Crippen LogP contribution >= 0.6 is 0 Å². The van der Waals surface area contributed by atoms with Gasteiger partial charge in [0.05, 0.1) is 5.92 Å². The standard InChI is InChI=1S/C14H16FNO3/c15-11-7-5-10(6-8-11)13(9-16(18)19)12-3-1-2-4-14(12)17/h5-8,12-13H,1-4,9H2/t12-,13-/m1/s1. The van der Waals surface area contributed by atoms with Gasteiger partial charge in [-0.25, -0.2) is 4.39 Å². The fraction of sp³-hybridized carbons (Fsp3) is 0.500. The molecule has 1 aromatic carbocycles. The van der Waals surface area contributed by atoms with E-state index >= 15 is 0 Å². The molecule has 102 valence electrons. The van der Waals surface area contributed by atoms with Gasteiger partial charge in [-0.2, -0.15) is 0 Å². The van der Waals surface area contributed by atoms with Crippen LogP contribution in [-0.2, 0) is 4.79 Å². The lowest BCUT2D eigenvalue weighted by molar-refractivity contribution is -0.484. The van der Waals surface area contributed by atoms with Crippen molar-refractivity contribution in [1.29, 1.82) is 0 Å². The van der Waals surface area contributed by atoms with Crippen LogP contribution in [0.25, 0.3) is 0 Å². The second-order valence-electron chi connectivity index (χ2n) is 4.99. The highest BCUT2D eigenvalue weighted by Gasteiger charge is 2.34. The van der Waals surface area contributed by atoms with Crippen molar-refractivity contribution in [3.8, 4) is 0 Å². The molecule has 1 aromatic rings. The van der Waals surface area contributed by atoms with Crippen LogP contribution < -0.4 is 0 Å². The van der Waals surface area contributed by atoms with E-state index in [0.29, 0.717) is 18.4 Å². The van der Waals surface area contributed by atoms with Gasteiger partial charge in [-0.3, -0.25) is 14.9 Å². The quantitative estimate of drug-likeness (QED) is 0.621. The number of benzene rings is 1. The first-order valence-corrected chi connectivity index (χ1v) is 6.48. The summed E-state index contributed by atoms with van der Waals surface area (Å²) in [5.41, 5.74) is 0.679. The summed E-state index contributed by atoms with van der Waals surface area (Å²) in [6.45, 7) is -0.276. The van der Waals surface area contributed by atoms with Crippen molar-refractivity contribution >= 4 is 5.78 Å². The van der Waals surface area contributed by atoms with E-state index in [1.165, 1.54) is 12.1 Å². The third-order valence-electron chi connectivity index (χ3n) is 3.73. The maximum absolute atomic E-state index is 12.9. The van der Waals surface area contributed by atoms with E-state index in [4.69, 9.17) is 0 Å². The fourth-order valence-corrected chi connectivity index (χ4v) is 2.77. The molecule has 0 bridgehead atoms. The number of nitro groups is 1. The molecule has 2 atom stereocenters. The average molecular weight is 265 g/mol. The number of hydrogen-bond acceptors (Lipinski definition) is 3. The first kappa shape index (κ1) is 13.6. The largest absolute Gasteiger partial charge is 0.299 e. The Bertz CT molecular complexity index is 472.